The maximum absolute atomic E-state index is 3.53. The molecule has 0 aromatic heterocycles. The summed E-state index contributed by atoms with van der Waals surface area (Å²) in [6, 6.07) is 6.31. The molecule has 0 bridgehead atoms. The maximum Gasteiger partial charge on any atom is 0.0623 e. The lowest BCUT2D eigenvalue weighted by atomic mass is 10.3. The van der Waals surface area contributed by atoms with Crippen molar-refractivity contribution in [2.45, 2.75) is 17.1 Å². The maximum atomic E-state index is 3.53. The number of thioether (sulfide) groups is 1. The van der Waals surface area contributed by atoms with Crippen LogP contribution < -0.4 is 5.32 Å². The number of anilines is 1. The Bertz CT molecular complexity index is 301. The van der Waals surface area contributed by atoms with Crippen LogP contribution in [0.5, 0.6) is 0 Å². The highest BCUT2D eigenvalue weighted by Crippen LogP contribution is 2.38. The van der Waals surface area contributed by atoms with Crippen molar-refractivity contribution in [3.05, 3.63) is 22.7 Å². The largest absolute Gasteiger partial charge is 0.382 e. The van der Waals surface area contributed by atoms with E-state index in [2.05, 4.69) is 46.4 Å². The summed E-state index contributed by atoms with van der Waals surface area (Å²) < 4.78 is 1.17. The zero-order valence-corrected chi connectivity index (χ0v) is 9.21. The van der Waals surface area contributed by atoms with Gasteiger partial charge in [-0.3, -0.25) is 0 Å². The van der Waals surface area contributed by atoms with Crippen molar-refractivity contribution in [2.24, 2.45) is 0 Å². The second-order valence-electron chi connectivity index (χ2n) is 2.92. The van der Waals surface area contributed by atoms with Gasteiger partial charge < -0.3 is 5.32 Å². The van der Waals surface area contributed by atoms with Crippen LogP contribution in [0.1, 0.15) is 6.92 Å². The topological polar surface area (TPSA) is 12.0 Å². The Kier molecular flexibility index (Phi) is 2.33. The van der Waals surface area contributed by atoms with E-state index >= 15 is 0 Å². The molecular formula is C9H10BrNS. The minimum Gasteiger partial charge on any atom is -0.382 e. The predicted molar refractivity (Wildman–Crippen MR) is 58.0 cm³/mol. The minimum absolute atomic E-state index is 0.673. The van der Waals surface area contributed by atoms with Gasteiger partial charge in [0.25, 0.3) is 0 Å². The molecule has 1 aromatic rings. The van der Waals surface area contributed by atoms with Gasteiger partial charge in [0.15, 0.2) is 0 Å². The molecule has 3 heteroatoms. The van der Waals surface area contributed by atoms with Crippen LogP contribution in [0.4, 0.5) is 5.69 Å². The van der Waals surface area contributed by atoms with Crippen LogP contribution in [0.2, 0.25) is 0 Å². The Morgan fingerprint density at radius 2 is 2.42 bits per heavy atom. The van der Waals surface area contributed by atoms with Gasteiger partial charge in [-0.1, -0.05) is 13.0 Å². The van der Waals surface area contributed by atoms with E-state index in [1.54, 1.807) is 0 Å². The minimum atomic E-state index is 0.673. The van der Waals surface area contributed by atoms with Crippen molar-refractivity contribution >= 4 is 33.4 Å². The standard InChI is InChI=1S/C9H10BrNS/c1-6-5-11-9-7(10)3-2-4-8(9)12-6/h2-4,6,11H,5H2,1H3. The molecule has 0 saturated carbocycles. The molecule has 2 rings (SSSR count). The average molecular weight is 244 g/mol. The van der Waals surface area contributed by atoms with E-state index in [-0.39, 0.29) is 0 Å². The van der Waals surface area contributed by atoms with Gasteiger partial charge in [0.05, 0.1) is 5.69 Å². The fourth-order valence-electron chi connectivity index (χ4n) is 1.28. The molecule has 0 radical (unpaired) electrons. The zero-order valence-electron chi connectivity index (χ0n) is 6.80. The normalized spacial score (nSPS) is 21.3. The molecule has 1 nitrogen and oxygen atoms in total. The first-order valence-electron chi connectivity index (χ1n) is 3.96. The molecule has 0 fully saturated rings. The third kappa shape index (κ3) is 1.48. The van der Waals surface area contributed by atoms with E-state index in [9.17, 15) is 0 Å². The molecule has 1 aliphatic heterocycles. The number of halogens is 1. The lowest BCUT2D eigenvalue weighted by Gasteiger charge is -2.23. The van der Waals surface area contributed by atoms with Crippen LogP contribution in [-0.4, -0.2) is 11.8 Å². The highest BCUT2D eigenvalue weighted by atomic mass is 79.9. The molecule has 1 aliphatic rings. The molecule has 1 heterocycles. The van der Waals surface area contributed by atoms with Crippen LogP contribution in [0.15, 0.2) is 27.6 Å². The first kappa shape index (κ1) is 8.45. The Morgan fingerprint density at radius 1 is 1.58 bits per heavy atom. The summed E-state index contributed by atoms with van der Waals surface area (Å²) in [5.74, 6) is 0. The summed E-state index contributed by atoms with van der Waals surface area (Å²) in [7, 11) is 0. The van der Waals surface area contributed by atoms with Gasteiger partial charge in [-0.15, -0.1) is 11.8 Å². The summed E-state index contributed by atoms with van der Waals surface area (Å²) in [6.45, 7) is 3.29. The summed E-state index contributed by atoms with van der Waals surface area (Å²) in [4.78, 5) is 1.35. The van der Waals surface area contributed by atoms with E-state index < -0.39 is 0 Å². The third-order valence-corrected chi connectivity index (χ3v) is 3.69. The van der Waals surface area contributed by atoms with Crippen molar-refractivity contribution in [2.75, 3.05) is 11.9 Å². The Hall–Kier alpha value is -0.150. The summed E-state index contributed by atoms with van der Waals surface area (Å²) >= 11 is 5.46. The van der Waals surface area contributed by atoms with Crippen molar-refractivity contribution < 1.29 is 0 Å². The number of fused-ring (bicyclic) bond motifs is 1. The van der Waals surface area contributed by atoms with Crippen molar-refractivity contribution in [1.82, 2.24) is 0 Å². The second kappa shape index (κ2) is 3.30. The Labute approximate surface area is 85.1 Å². The van der Waals surface area contributed by atoms with E-state index in [1.807, 2.05) is 11.8 Å². The van der Waals surface area contributed by atoms with Gasteiger partial charge in [-0.05, 0) is 28.1 Å². The molecule has 0 amide bonds. The smallest absolute Gasteiger partial charge is 0.0623 e. The summed E-state index contributed by atoms with van der Waals surface area (Å²) in [6.07, 6.45) is 0. The number of rotatable bonds is 0. The van der Waals surface area contributed by atoms with Crippen LogP contribution in [-0.2, 0) is 0 Å². The highest BCUT2D eigenvalue weighted by molar-refractivity contribution is 9.10. The molecule has 0 spiro atoms. The quantitative estimate of drug-likeness (QED) is 0.751. The molecule has 64 valence electrons. The Morgan fingerprint density at radius 3 is 3.25 bits per heavy atom. The van der Waals surface area contributed by atoms with E-state index in [1.165, 1.54) is 15.1 Å². The van der Waals surface area contributed by atoms with Crippen molar-refractivity contribution in [1.29, 1.82) is 0 Å². The first-order valence-corrected chi connectivity index (χ1v) is 5.63. The fourth-order valence-corrected chi connectivity index (χ4v) is 2.97. The number of benzene rings is 1. The van der Waals surface area contributed by atoms with Crippen LogP contribution in [0.3, 0.4) is 0 Å². The van der Waals surface area contributed by atoms with E-state index in [4.69, 9.17) is 0 Å². The average Bonchev–Trinajstić information content (AvgIpc) is 2.04. The van der Waals surface area contributed by atoms with E-state index in [0.29, 0.717) is 5.25 Å². The molecule has 0 aliphatic carbocycles. The van der Waals surface area contributed by atoms with Crippen LogP contribution in [0, 0.1) is 0 Å². The lowest BCUT2D eigenvalue weighted by Crippen LogP contribution is -2.18. The van der Waals surface area contributed by atoms with Gasteiger partial charge in [-0.25, -0.2) is 0 Å². The molecular weight excluding hydrogens is 234 g/mol. The van der Waals surface area contributed by atoms with Crippen LogP contribution >= 0.6 is 27.7 Å². The summed E-state index contributed by atoms with van der Waals surface area (Å²) in [5, 5.41) is 4.09. The number of nitrogens with one attached hydrogen (secondary N) is 1. The Balaban J connectivity index is 2.42. The predicted octanol–water partition coefficient (Wildman–Crippen LogP) is 3.36. The molecule has 1 unspecified atom stereocenters. The van der Waals surface area contributed by atoms with Crippen LogP contribution in [0.25, 0.3) is 0 Å². The lowest BCUT2D eigenvalue weighted by molar-refractivity contribution is 0.972. The number of hydrogen-bond acceptors (Lipinski definition) is 2. The molecule has 1 atom stereocenters. The fraction of sp³-hybridized carbons (Fsp3) is 0.333. The highest BCUT2D eigenvalue weighted by Gasteiger charge is 2.16. The SMILES string of the molecule is CC1CNc2c(Br)cccc2S1. The third-order valence-electron chi connectivity index (χ3n) is 1.87. The van der Waals surface area contributed by atoms with Crippen molar-refractivity contribution in [3.63, 3.8) is 0 Å². The second-order valence-corrected chi connectivity index (χ2v) is 5.26. The zero-order chi connectivity index (χ0) is 8.55. The van der Waals surface area contributed by atoms with Gasteiger partial charge in [0, 0.05) is 21.2 Å². The van der Waals surface area contributed by atoms with Gasteiger partial charge in [-0.2, -0.15) is 0 Å². The molecule has 1 N–H and O–H groups in total. The number of hydrogen-bond donors (Lipinski definition) is 1. The first-order chi connectivity index (χ1) is 5.77. The number of para-hydroxylation sites is 1. The molecule has 0 saturated heterocycles. The van der Waals surface area contributed by atoms with Crippen molar-refractivity contribution in [3.8, 4) is 0 Å². The monoisotopic (exact) mass is 243 g/mol. The van der Waals surface area contributed by atoms with Gasteiger partial charge in [0.2, 0.25) is 0 Å². The molecule has 12 heavy (non-hydrogen) atoms. The van der Waals surface area contributed by atoms with Gasteiger partial charge in [0.1, 0.15) is 0 Å². The summed E-state index contributed by atoms with van der Waals surface area (Å²) in [5.41, 5.74) is 1.25. The van der Waals surface area contributed by atoms with E-state index in [0.717, 1.165) is 6.54 Å². The van der Waals surface area contributed by atoms with Gasteiger partial charge >= 0.3 is 0 Å². The molecule has 1 aromatic carbocycles.